The zero-order valence-corrected chi connectivity index (χ0v) is 40.8. The van der Waals surface area contributed by atoms with Gasteiger partial charge in [-0.2, -0.15) is 0 Å². The van der Waals surface area contributed by atoms with Crippen LogP contribution in [0.25, 0.3) is 88.4 Å². The van der Waals surface area contributed by atoms with E-state index in [1.54, 1.807) is 0 Å². The highest BCUT2D eigenvalue weighted by molar-refractivity contribution is 6.19. The average molecular weight is 892 g/mol. The molecule has 11 aromatic rings. The van der Waals surface area contributed by atoms with Gasteiger partial charge in [-0.25, -0.2) is 0 Å². The molecule has 0 saturated carbocycles. The lowest BCUT2D eigenvalue weighted by Crippen LogP contribution is -2.18. The molecule has 14 rings (SSSR count). The van der Waals surface area contributed by atoms with Gasteiger partial charge in [-0.3, -0.25) is 0 Å². The molecule has 0 N–H and O–H groups in total. The van der Waals surface area contributed by atoms with Crippen LogP contribution in [-0.2, 0) is 16.2 Å². The molecule has 0 radical (unpaired) electrons. The third-order valence-electron chi connectivity index (χ3n) is 16.8. The Morgan fingerprint density at radius 3 is 1.67 bits per heavy atom. The summed E-state index contributed by atoms with van der Waals surface area (Å²) >= 11 is 0. The summed E-state index contributed by atoms with van der Waals surface area (Å²) in [6.07, 6.45) is 0. The predicted molar refractivity (Wildman–Crippen MR) is 288 cm³/mol. The van der Waals surface area contributed by atoms with Gasteiger partial charge >= 0.3 is 0 Å². The molecule has 69 heavy (non-hydrogen) atoms. The lowest BCUT2D eigenvalue weighted by molar-refractivity contribution is 0.651. The molecule has 334 valence electrons. The van der Waals surface area contributed by atoms with Crippen LogP contribution in [0.2, 0.25) is 0 Å². The van der Waals surface area contributed by atoms with E-state index >= 15 is 0 Å². The Hall–Kier alpha value is -7.62. The molecular formula is C66H53NO2. The van der Waals surface area contributed by atoms with Gasteiger partial charge in [0, 0.05) is 60.4 Å². The first kappa shape index (κ1) is 40.4. The molecule has 3 heteroatoms. The van der Waals surface area contributed by atoms with Crippen molar-refractivity contribution in [3.63, 3.8) is 0 Å². The summed E-state index contributed by atoms with van der Waals surface area (Å²) in [5.41, 5.74) is 28.6. The average Bonchev–Trinajstić information content (AvgIpc) is 4.08. The smallest absolute Gasteiger partial charge is 0.143 e. The van der Waals surface area contributed by atoms with E-state index in [0.29, 0.717) is 0 Å². The molecule has 0 fully saturated rings. The summed E-state index contributed by atoms with van der Waals surface area (Å²) in [5.74, 6) is 0. The van der Waals surface area contributed by atoms with Crippen LogP contribution in [0.4, 0.5) is 17.1 Å². The fraction of sp³-hybridized carbons (Fsp3) is 0.182. The van der Waals surface area contributed by atoms with Crippen molar-refractivity contribution in [3.05, 3.63) is 208 Å². The molecule has 2 heterocycles. The lowest BCUT2D eigenvalue weighted by Gasteiger charge is -2.31. The summed E-state index contributed by atoms with van der Waals surface area (Å²) in [6.45, 7) is 21.1. The Balaban J connectivity index is 0.942. The molecule has 0 unspecified atom stereocenters. The third kappa shape index (κ3) is 5.28. The quantitative estimate of drug-likeness (QED) is 0.176. The monoisotopic (exact) mass is 891 g/mol. The summed E-state index contributed by atoms with van der Waals surface area (Å²) in [6, 6.07) is 59.1. The summed E-state index contributed by atoms with van der Waals surface area (Å²) in [4.78, 5) is 2.51. The fourth-order valence-corrected chi connectivity index (χ4v) is 13.2. The van der Waals surface area contributed by atoms with Crippen molar-refractivity contribution in [1.82, 2.24) is 0 Å². The maximum Gasteiger partial charge on any atom is 0.143 e. The van der Waals surface area contributed by atoms with Crippen LogP contribution in [0.3, 0.4) is 0 Å². The molecule has 3 aliphatic rings. The first-order chi connectivity index (χ1) is 33.2. The SMILES string of the molecule is Cc1ccc(N(c2ccc3c(c2)C(C)(C)c2cc4c(cc2-3)C(C)(C)c2ccc3oc5ccccc5c3c2-4)c2ccc3c(c2)C(C)(C)c2cc(-c4ccccc4C)c4oc5ccccc5c4c2-3)c(C)c1. The highest BCUT2D eigenvalue weighted by Crippen LogP contribution is 2.60. The zero-order chi connectivity index (χ0) is 47.0. The minimum atomic E-state index is -0.290. The van der Waals surface area contributed by atoms with Crippen LogP contribution in [0, 0.1) is 20.8 Å². The molecule has 0 bridgehead atoms. The normalized spacial score (nSPS) is 15.4. The van der Waals surface area contributed by atoms with Crippen molar-refractivity contribution >= 4 is 60.9 Å². The van der Waals surface area contributed by atoms with Gasteiger partial charge in [0.15, 0.2) is 0 Å². The highest BCUT2D eigenvalue weighted by atomic mass is 16.3. The Morgan fingerprint density at radius 2 is 0.928 bits per heavy atom. The Kier molecular flexibility index (Phi) is 7.94. The van der Waals surface area contributed by atoms with Gasteiger partial charge in [0.25, 0.3) is 0 Å². The first-order valence-corrected chi connectivity index (χ1v) is 24.6. The van der Waals surface area contributed by atoms with E-state index in [-0.39, 0.29) is 16.2 Å². The number of aryl methyl sites for hydroxylation is 3. The van der Waals surface area contributed by atoms with E-state index in [1.165, 1.54) is 111 Å². The van der Waals surface area contributed by atoms with E-state index in [1.807, 2.05) is 0 Å². The number of benzene rings is 9. The minimum Gasteiger partial charge on any atom is -0.456 e. The number of rotatable bonds is 4. The van der Waals surface area contributed by atoms with Gasteiger partial charge in [-0.15, -0.1) is 0 Å². The molecule has 0 saturated heterocycles. The van der Waals surface area contributed by atoms with E-state index < -0.39 is 0 Å². The largest absolute Gasteiger partial charge is 0.456 e. The fourth-order valence-electron chi connectivity index (χ4n) is 13.2. The molecule has 0 spiro atoms. The molecule has 0 aliphatic heterocycles. The molecule has 0 amide bonds. The molecule has 2 aromatic heterocycles. The first-order valence-electron chi connectivity index (χ1n) is 24.6. The Morgan fingerprint density at radius 1 is 0.362 bits per heavy atom. The van der Waals surface area contributed by atoms with Crippen LogP contribution in [0.15, 0.2) is 167 Å². The van der Waals surface area contributed by atoms with Crippen LogP contribution in [0.1, 0.15) is 91.6 Å². The van der Waals surface area contributed by atoms with Gasteiger partial charge in [0.2, 0.25) is 0 Å². The summed E-state index contributed by atoms with van der Waals surface area (Å²) in [5, 5.41) is 4.77. The van der Waals surface area contributed by atoms with Crippen molar-refractivity contribution in [3.8, 4) is 44.5 Å². The van der Waals surface area contributed by atoms with E-state index in [2.05, 4.69) is 225 Å². The Bertz CT molecular complexity index is 4090. The maximum absolute atomic E-state index is 6.84. The van der Waals surface area contributed by atoms with Crippen LogP contribution < -0.4 is 4.90 Å². The van der Waals surface area contributed by atoms with Crippen LogP contribution in [-0.4, -0.2) is 0 Å². The summed E-state index contributed by atoms with van der Waals surface area (Å²) < 4.78 is 13.3. The Labute approximate surface area is 403 Å². The topological polar surface area (TPSA) is 29.5 Å². The van der Waals surface area contributed by atoms with E-state index in [4.69, 9.17) is 8.83 Å². The standard InChI is InChI=1S/C66H53NO2/c1-36-22-28-55(38(3)30-36)67(40-24-26-43-51(32-40)66(8,9)54-34-47(41-17-11-10-16-37(41)2)63-62(59(43)54)45-19-13-15-21-57(45)69-63)39-23-25-42-46-33-53-48(35-52(46)65(6,7)50(42)31-39)60-49(64(53,4)5)27-29-58-61(60)44-18-12-14-20-56(44)68-58/h10-35H,1-9H3. The zero-order valence-electron chi connectivity index (χ0n) is 40.8. The number of hydrogen-bond acceptors (Lipinski definition) is 3. The molecule has 9 aromatic carbocycles. The number of hydrogen-bond donors (Lipinski definition) is 0. The summed E-state index contributed by atoms with van der Waals surface area (Å²) in [7, 11) is 0. The lowest BCUT2D eigenvalue weighted by atomic mass is 9.79. The van der Waals surface area contributed by atoms with Gasteiger partial charge < -0.3 is 13.7 Å². The van der Waals surface area contributed by atoms with Gasteiger partial charge in [0.1, 0.15) is 22.3 Å². The molecule has 3 nitrogen and oxygen atoms in total. The molecule has 3 aliphatic carbocycles. The van der Waals surface area contributed by atoms with Crippen molar-refractivity contribution in [2.24, 2.45) is 0 Å². The van der Waals surface area contributed by atoms with E-state index in [9.17, 15) is 0 Å². The maximum atomic E-state index is 6.84. The molecule has 0 atom stereocenters. The number of fused-ring (bicyclic) bond motifs is 17. The third-order valence-corrected chi connectivity index (χ3v) is 16.8. The van der Waals surface area contributed by atoms with Crippen LogP contribution in [0.5, 0.6) is 0 Å². The minimum absolute atomic E-state index is 0.168. The second kappa shape index (κ2) is 13.5. The predicted octanol–water partition coefficient (Wildman–Crippen LogP) is 18.5. The van der Waals surface area contributed by atoms with Crippen molar-refractivity contribution in [2.45, 2.75) is 78.6 Å². The highest BCUT2D eigenvalue weighted by Gasteiger charge is 2.44. The van der Waals surface area contributed by atoms with Crippen LogP contribution >= 0.6 is 0 Å². The van der Waals surface area contributed by atoms with Crippen molar-refractivity contribution in [2.75, 3.05) is 4.90 Å². The second-order valence-corrected chi connectivity index (χ2v) is 21.8. The number of para-hydroxylation sites is 2. The number of furan rings is 2. The second-order valence-electron chi connectivity index (χ2n) is 21.8. The van der Waals surface area contributed by atoms with Gasteiger partial charge in [0.05, 0.1) is 0 Å². The number of nitrogens with zero attached hydrogens (tertiary/aromatic N) is 1. The van der Waals surface area contributed by atoms with Crippen molar-refractivity contribution < 1.29 is 8.83 Å². The number of anilines is 3. The van der Waals surface area contributed by atoms with Gasteiger partial charge in [-0.05, 0) is 171 Å². The van der Waals surface area contributed by atoms with Gasteiger partial charge in [-0.1, -0.05) is 138 Å². The van der Waals surface area contributed by atoms with E-state index in [0.717, 1.165) is 44.7 Å². The van der Waals surface area contributed by atoms with Crippen molar-refractivity contribution in [1.29, 1.82) is 0 Å². The molecular weight excluding hydrogens is 839 g/mol.